The molecule has 1 saturated carbocycles. The van der Waals surface area contributed by atoms with Crippen molar-refractivity contribution in [1.29, 1.82) is 0 Å². The predicted molar refractivity (Wildman–Crippen MR) is 65.2 cm³/mol. The summed E-state index contributed by atoms with van der Waals surface area (Å²) < 4.78 is 4.68. The van der Waals surface area contributed by atoms with E-state index in [-0.39, 0.29) is 5.97 Å². The van der Waals surface area contributed by atoms with Crippen molar-refractivity contribution in [3.8, 4) is 0 Å². The second-order valence-electron chi connectivity index (χ2n) is 4.96. The lowest BCUT2D eigenvalue weighted by molar-refractivity contribution is -0.136. The molecule has 0 N–H and O–H groups in total. The summed E-state index contributed by atoms with van der Waals surface area (Å²) >= 11 is 0. The molecule has 1 aliphatic rings. The number of hydrogen-bond donors (Lipinski definition) is 0. The maximum Gasteiger partial charge on any atom is 0.333 e. The first-order chi connectivity index (χ1) is 7.54. The van der Waals surface area contributed by atoms with Crippen LogP contribution in [0.25, 0.3) is 0 Å². The van der Waals surface area contributed by atoms with Gasteiger partial charge in [0.15, 0.2) is 0 Å². The van der Waals surface area contributed by atoms with Gasteiger partial charge in [-0.25, -0.2) is 4.79 Å². The lowest BCUT2D eigenvalue weighted by atomic mass is 10.2. The van der Waals surface area contributed by atoms with E-state index >= 15 is 0 Å². The molecule has 1 aliphatic carbocycles. The number of carbonyl (C=O) groups is 1. The monoisotopic (exact) mass is 225 g/mol. The fraction of sp³-hybridized carbons (Fsp3) is 0.769. The van der Waals surface area contributed by atoms with Gasteiger partial charge >= 0.3 is 5.97 Å². The molecule has 16 heavy (non-hydrogen) atoms. The molecule has 0 aliphatic heterocycles. The first-order valence-electron chi connectivity index (χ1n) is 6.03. The number of ether oxygens (including phenoxy) is 1. The maximum atomic E-state index is 11.2. The molecule has 0 unspecified atom stereocenters. The van der Waals surface area contributed by atoms with E-state index < -0.39 is 0 Å². The number of carbonyl (C=O) groups excluding carboxylic acids is 1. The summed E-state index contributed by atoms with van der Waals surface area (Å²) in [5.74, 6) is 0.452. The normalized spacial score (nSPS) is 17.0. The highest BCUT2D eigenvalue weighted by Gasteiger charge is 2.28. The summed E-state index contributed by atoms with van der Waals surface area (Å²) in [7, 11) is 1.42. The maximum absolute atomic E-state index is 11.2. The molecular weight excluding hydrogens is 202 g/mol. The van der Waals surface area contributed by atoms with Crippen LogP contribution in [0.15, 0.2) is 11.6 Å². The minimum atomic E-state index is -0.222. The van der Waals surface area contributed by atoms with Crippen LogP contribution in [0.4, 0.5) is 0 Å². The average molecular weight is 225 g/mol. The summed E-state index contributed by atoms with van der Waals surface area (Å²) in [4.78, 5) is 13.7. The third kappa shape index (κ3) is 4.35. The van der Waals surface area contributed by atoms with Gasteiger partial charge in [-0.1, -0.05) is 19.9 Å². The zero-order valence-electron chi connectivity index (χ0n) is 10.8. The molecule has 3 nitrogen and oxygen atoms in total. The Balaban J connectivity index is 2.45. The molecule has 3 heteroatoms. The molecule has 0 heterocycles. The van der Waals surface area contributed by atoms with Gasteiger partial charge in [0.1, 0.15) is 0 Å². The molecule has 1 rings (SSSR count). The van der Waals surface area contributed by atoms with Crippen LogP contribution in [0.5, 0.6) is 0 Å². The summed E-state index contributed by atoms with van der Waals surface area (Å²) in [6.07, 6.45) is 4.59. The minimum Gasteiger partial charge on any atom is -0.466 e. The quantitative estimate of drug-likeness (QED) is 0.513. The van der Waals surface area contributed by atoms with E-state index in [4.69, 9.17) is 0 Å². The number of hydrogen-bond acceptors (Lipinski definition) is 3. The van der Waals surface area contributed by atoms with Crippen LogP contribution in [0.3, 0.4) is 0 Å². The highest BCUT2D eigenvalue weighted by atomic mass is 16.5. The fourth-order valence-electron chi connectivity index (χ4n) is 1.78. The Morgan fingerprint density at radius 2 is 2.12 bits per heavy atom. The molecule has 0 saturated heterocycles. The van der Waals surface area contributed by atoms with Gasteiger partial charge in [-0.05, 0) is 25.7 Å². The zero-order chi connectivity index (χ0) is 12.1. The minimum absolute atomic E-state index is 0.222. The summed E-state index contributed by atoms with van der Waals surface area (Å²) in [5, 5.41) is 0. The number of rotatable bonds is 6. The van der Waals surface area contributed by atoms with E-state index in [0.29, 0.717) is 11.5 Å². The number of methoxy groups -OCH3 is 1. The standard InChI is InChI=1S/C13H23NO2/c1-10(2)9-14(12-5-6-12)8-7-11(3)13(15)16-4/h7,10,12H,5-6,8-9H2,1-4H3. The molecule has 0 aromatic heterocycles. The first-order valence-corrected chi connectivity index (χ1v) is 6.03. The van der Waals surface area contributed by atoms with Gasteiger partial charge in [-0.15, -0.1) is 0 Å². The van der Waals surface area contributed by atoms with Crippen LogP contribution in [-0.2, 0) is 9.53 Å². The van der Waals surface area contributed by atoms with Crippen molar-refractivity contribution in [3.63, 3.8) is 0 Å². The number of esters is 1. The highest BCUT2D eigenvalue weighted by Crippen LogP contribution is 2.27. The summed E-state index contributed by atoms with van der Waals surface area (Å²) in [6.45, 7) is 8.24. The Labute approximate surface area is 98.5 Å². The second-order valence-corrected chi connectivity index (χ2v) is 4.96. The van der Waals surface area contributed by atoms with Crippen LogP contribution in [0, 0.1) is 5.92 Å². The Morgan fingerprint density at radius 3 is 2.56 bits per heavy atom. The van der Waals surface area contributed by atoms with Crippen LogP contribution >= 0.6 is 0 Å². The highest BCUT2D eigenvalue weighted by molar-refractivity contribution is 5.87. The van der Waals surface area contributed by atoms with E-state index in [0.717, 1.165) is 19.1 Å². The van der Waals surface area contributed by atoms with E-state index in [1.165, 1.54) is 20.0 Å². The molecule has 0 atom stereocenters. The van der Waals surface area contributed by atoms with Crippen molar-refractivity contribution >= 4 is 5.97 Å². The molecule has 0 radical (unpaired) electrons. The molecule has 92 valence electrons. The van der Waals surface area contributed by atoms with Gasteiger partial charge in [-0.3, -0.25) is 4.90 Å². The Bertz CT molecular complexity index is 267. The van der Waals surface area contributed by atoms with Crippen molar-refractivity contribution in [2.75, 3.05) is 20.2 Å². The van der Waals surface area contributed by atoms with Gasteiger partial charge in [0.25, 0.3) is 0 Å². The van der Waals surface area contributed by atoms with Crippen molar-refractivity contribution < 1.29 is 9.53 Å². The molecular formula is C13H23NO2. The Hall–Kier alpha value is -0.830. The van der Waals surface area contributed by atoms with Crippen molar-refractivity contribution in [2.24, 2.45) is 5.92 Å². The third-order valence-electron chi connectivity index (χ3n) is 2.80. The predicted octanol–water partition coefficient (Wildman–Crippen LogP) is 2.23. The Morgan fingerprint density at radius 1 is 1.50 bits per heavy atom. The van der Waals surface area contributed by atoms with E-state index in [1.807, 2.05) is 13.0 Å². The van der Waals surface area contributed by atoms with E-state index in [1.54, 1.807) is 0 Å². The van der Waals surface area contributed by atoms with Gasteiger partial charge in [0, 0.05) is 24.7 Å². The van der Waals surface area contributed by atoms with Crippen molar-refractivity contribution in [1.82, 2.24) is 4.90 Å². The lowest BCUT2D eigenvalue weighted by Gasteiger charge is -2.22. The van der Waals surface area contributed by atoms with Crippen LogP contribution in [0.2, 0.25) is 0 Å². The van der Waals surface area contributed by atoms with E-state index in [2.05, 4.69) is 23.5 Å². The van der Waals surface area contributed by atoms with Gasteiger partial charge < -0.3 is 4.74 Å². The largest absolute Gasteiger partial charge is 0.466 e. The second kappa shape index (κ2) is 6.04. The first kappa shape index (κ1) is 13.2. The SMILES string of the molecule is COC(=O)C(C)=CCN(CC(C)C)C1CC1. The van der Waals surface area contributed by atoms with Gasteiger partial charge in [0.05, 0.1) is 7.11 Å². The topological polar surface area (TPSA) is 29.5 Å². The number of nitrogens with zero attached hydrogens (tertiary/aromatic N) is 1. The van der Waals surface area contributed by atoms with Gasteiger partial charge in [-0.2, -0.15) is 0 Å². The third-order valence-corrected chi connectivity index (χ3v) is 2.80. The van der Waals surface area contributed by atoms with Crippen molar-refractivity contribution in [2.45, 2.75) is 39.7 Å². The molecule has 0 aromatic rings. The van der Waals surface area contributed by atoms with Crippen molar-refractivity contribution in [3.05, 3.63) is 11.6 Å². The zero-order valence-corrected chi connectivity index (χ0v) is 10.8. The van der Waals surface area contributed by atoms with Crippen LogP contribution in [-0.4, -0.2) is 37.1 Å². The molecule has 1 fully saturated rings. The summed E-state index contributed by atoms with van der Waals surface area (Å²) in [6, 6.07) is 0.740. The molecule has 0 amide bonds. The fourth-order valence-corrected chi connectivity index (χ4v) is 1.78. The van der Waals surface area contributed by atoms with Gasteiger partial charge in [0.2, 0.25) is 0 Å². The molecule has 0 aromatic carbocycles. The van der Waals surface area contributed by atoms with Crippen LogP contribution in [0.1, 0.15) is 33.6 Å². The molecule has 0 spiro atoms. The molecule has 0 bridgehead atoms. The van der Waals surface area contributed by atoms with Crippen LogP contribution < -0.4 is 0 Å². The summed E-state index contributed by atoms with van der Waals surface area (Å²) in [5.41, 5.74) is 0.705. The van der Waals surface area contributed by atoms with E-state index in [9.17, 15) is 4.79 Å². The average Bonchev–Trinajstić information content (AvgIpc) is 3.05. The smallest absolute Gasteiger partial charge is 0.333 e. The Kier molecular flexibility index (Phi) is 5.00. The lowest BCUT2D eigenvalue weighted by Crippen LogP contribution is -2.30.